The third-order valence-corrected chi connectivity index (χ3v) is 7.17. The zero-order valence-electron chi connectivity index (χ0n) is 13.8. The van der Waals surface area contributed by atoms with Crippen LogP contribution in [-0.2, 0) is 27.7 Å². The van der Waals surface area contributed by atoms with Crippen molar-refractivity contribution in [1.82, 2.24) is 0 Å². The number of carbonyl (C=O) groups excluding carboxylic acids is 3. The standard InChI is InChI=1S/C13H26O6Si2/c1-11(14)17-21(18-12(2)15,19-13(3)16)10-8-7-9-20(4,5)6/h7-10H2,1-6H3. The zero-order chi connectivity index (χ0) is 16.7. The normalized spacial score (nSPS) is 11.7. The molecule has 0 bridgehead atoms. The summed E-state index contributed by atoms with van der Waals surface area (Å²) in [5, 5.41) is 0. The molecule has 0 aromatic heterocycles. The van der Waals surface area contributed by atoms with E-state index in [2.05, 4.69) is 19.6 Å². The van der Waals surface area contributed by atoms with Gasteiger partial charge < -0.3 is 13.3 Å². The maximum Gasteiger partial charge on any atom is 0.705 e. The van der Waals surface area contributed by atoms with Gasteiger partial charge in [-0.2, -0.15) is 0 Å². The molecule has 0 aromatic carbocycles. The molecule has 0 aromatic rings. The van der Waals surface area contributed by atoms with Crippen molar-refractivity contribution in [1.29, 1.82) is 0 Å². The lowest BCUT2D eigenvalue weighted by Gasteiger charge is -2.26. The SMILES string of the molecule is CC(=O)O[Si](CCCC[Si](C)(C)C)(OC(C)=O)OC(C)=O. The van der Waals surface area contributed by atoms with Gasteiger partial charge in [0.2, 0.25) is 0 Å². The maximum atomic E-state index is 11.3. The van der Waals surface area contributed by atoms with Crippen LogP contribution in [0, 0.1) is 0 Å². The lowest BCUT2D eigenvalue weighted by Crippen LogP contribution is -2.49. The minimum Gasteiger partial charge on any atom is -0.455 e. The Hall–Kier alpha value is -1.16. The van der Waals surface area contributed by atoms with Crippen LogP contribution in [0.5, 0.6) is 0 Å². The topological polar surface area (TPSA) is 78.9 Å². The van der Waals surface area contributed by atoms with Gasteiger partial charge in [-0.1, -0.05) is 32.1 Å². The second-order valence-electron chi connectivity index (χ2n) is 6.23. The fourth-order valence-corrected chi connectivity index (χ4v) is 5.61. The van der Waals surface area contributed by atoms with Crippen LogP contribution >= 0.6 is 0 Å². The van der Waals surface area contributed by atoms with E-state index in [4.69, 9.17) is 13.3 Å². The van der Waals surface area contributed by atoms with E-state index in [9.17, 15) is 14.4 Å². The molecule has 0 unspecified atom stereocenters. The first-order valence-corrected chi connectivity index (χ1v) is 12.7. The van der Waals surface area contributed by atoms with Gasteiger partial charge in [0.25, 0.3) is 17.9 Å². The van der Waals surface area contributed by atoms with Crippen LogP contribution in [0.1, 0.15) is 33.6 Å². The second kappa shape index (κ2) is 8.33. The molecular weight excluding hydrogens is 308 g/mol. The molecule has 0 spiro atoms. The first-order valence-electron chi connectivity index (χ1n) is 7.04. The Balaban J connectivity index is 4.85. The van der Waals surface area contributed by atoms with Crippen molar-refractivity contribution < 1.29 is 27.7 Å². The molecule has 122 valence electrons. The van der Waals surface area contributed by atoms with Crippen LogP contribution in [0.4, 0.5) is 0 Å². The Morgan fingerprint density at radius 3 is 1.33 bits per heavy atom. The average Bonchev–Trinajstić information content (AvgIpc) is 2.19. The van der Waals surface area contributed by atoms with Crippen LogP contribution in [0.25, 0.3) is 0 Å². The van der Waals surface area contributed by atoms with Gasteiger partial charge in [-0.05, 0) is 6.42 Å². The summed E-state index contributed by atoms with van der Waals surface area (Å²) in [6, 6.07) is 1.38. The highest BCUT2D eigenvalue weighted by Crippen LogP contribution is 2.23. The van der Waals surface area contributed by atoms with E-state index < -0.39 is 34.8 Å². The summed E-state index contributed by atoms with van der Waals surface area (Å²) in [6.45, 7) is 10.4. The summed E-state index contributed by atoms with van der Waals surface area (Å²) in [5.41, 5.74) is 0. The minimum absolute atomic E-state index is 0.274. The first-order chi connectivity index (χ1) is 9.46. The first kappa shape index (κ1) is 19.8. The van der Waals surface area contributed by atoms with Gasteiger partial charge in [0.1, 0.15) is 0 Å². The van der Waals surface area contributed by atoms with E-state index in [0.29, 0.717) is 6.42 Å². The Labute approximate surface area is 128 Å². The molecule has 0 N–H and O–H groups in total. The number of hydrogen-bond donors (Lipinski definition) is 0. The van der Waals surface area contributed by atoms with Gasteiger partial charge in [-0.15, -0.1) is 0 Å². The van der Waals surface area contributed by atoms with Crippen molar-refractivity contribution in [3.63, 3.8) is 0 Å². The number of rotatable bonds is 8. The summed E-state index contributed by atoms with van der Waals surface area (Å²) in [7, 11) is -4.77. The lowest BCUT2D eigenvalue weighted by molar-refractivity contribution is -0.147. The van der Waals surface area contributed by atoms with Gasteiger partial charge in [-0.3, -0.25) is 14.4 Å². The summed E-state index contributed by atoms with van der Waals surface area (Å²) in [6.07, 6.45) is 1.61. The summed E-state index contributed by atoms with van der Waals surface area (Å²) in [5.74, 6) is -1.85. The number of hydrogen-bond acceptors (Lipinski definition) is 6. The number of unbranched alkanes of at least 4 members (excludes halogenated alkanes) is 1. The summed E-state index contributed by atoms with van der Waals surface area (Å²) < 4.78 is 15.4. The monoisotopic (exact) mass is 334 g/mol. The molecule has 8 heteroatoms. The molecule has 0 aliphatic heterocycles. The second-order valence-corrected chi connectivity index (χ2v) is 14.3. The van der Waals surface area contributed by atoms with Crippen LogP contribution in [0.2, 0.25) is 31.7 Å². The van der Waals surface area contributed by atoms with Crippen molar-refractivity contribution in [3.05, 3.63) is 0 Å². The fourth-order valence-electron chi connectivity index (χ4n) is 1.87. The molecule has 0 atom stereocenters. The molecule has 0 amide bonds. The van der Waals surface area contributed by atoms with Crippen molar-refractivity contribution in [2.75, 3.05) is 0 Å². The third kappa shape index (κ3) is 10.2. The number of carbonyl (C=O) groups is 3. The molecule has 21 heavy (non-hydrogen) atoms. The molecule has 0 fully saturated rings. The lowest BCUT2D eigenvalue weighted by atomic mass is 10.4. The molecule has 6 nitrogen and oxygen atoms in total. The zero-order valence-corrected chi connectivity index (χ0v) is 15.8. The molecule has 0 radical (unpaired) electrons. The van der Waals surface area contributed by atoms with E-state index in [0.717, 1.165) is 12.5 Å². The van der Waals surface area contributed by atoms with E-state index in [-0.39, 0.29) is 6.04 Å². The molecule has 0 heterocycles. The van der Waals surface area contributed by atoms with Gasteiger partial charge in [0, 0.05) is 28.8 Å². The molecule has 0 aliphatic carbocycles. The molecule has 0 aliphatic rings. The Morgan fingerprint density at radius 1 is 0.714 bits per heavy atom. The van der Waals surface area contributed by atoms with Crippen molar-refractivity contribution in [2.24, 2.45) is 0 Å². The molecular formula is C13H26O6Si2. The summed E-state index contributed by atoms with van der Waals surface area (Å²) >= 11 is 0. The van der Waals surface area contributed by atoms with Crippen LogP contribution in [0.3, 0.4) is 0 Å². The van der Waals surface area contributed by atoms with E-state index in [1.807, 2.05) is 0 Å². The van der Waals surface area contributed by atoms with E-state index >= 15 is 0 Å². The van der Waals surface area contributed by atoms with Crippen LogP contribution in [-0.4, -0.2) is 34.8 Å². The Morgan fingerprint density at radius 2 is 1.05 bits per heavy atom. The van der Waals surface area contributed by atoms with Gasteiger partial charge in [-0.25, -0.2) is 0 Å². The van der Waals surface area contributed by atoms with E-state index in [1.54, 1.807) is 0 Å². The van der Waals surface area contributed by atoms with Crippen molar-refractivity contribution in [3.8, 4) is 0 Å². The highest BCUT2D eigenvalue weighted by Gasteiger charge is 2.51. The van der Waals surface area contributed by atoms with Gasteiger partial charge in [0.05, 0.1) is 6.04 Å². The fraction of sp³-hybridized carbons (Fsp3) is 0.769. The summed E-state index contributed by atoms with van der Waals surface area (Å²) in [4.78, 5) is 33.8. The largest absolute Gasteiger partial charge is 0.705 e. The van der Waals surface area contributed by atoms with Crippen molar-refractivity contribution in [2.45, 2.75) is 65.3 Å². The van der Waals surface area contributed by atoms with Crippen LogP contribution in [0.15, 0.2) is 0 Å². The van der Waals surface area contributed by atoms with Crippen LogP contribution < -0.4 is 0 Å². The predicted octanol–water partition coefficient (Wildman–Crippen LogP) is 2.73. The van der Waals surface area contributed by atoms with E-state index in [1.165, 1.54) is 20.8 Å². The van der Waals surface area contributed by atoms with Crippen molar-refractivity contribution >= 4 is 34.8 Å². The van der Waals surface area contributed by atoms with Gasteiger partial charge in [0.15, 0.2) is 0 Å². The van der Waals surface area contributed by atoms with Gasteiger partial charge >= 0.3 is 8.80 Å². The predicted molar refractivity (Wildman–Crippen MR) is 83.2 cm³/mol. The minimum atomic E-state index is -3.61. The molecule has 0 rings (SSSR count). The maximum absolute atomic E-state index is 11.3. The highest BCUT2D eigenvalue weighted by atomic mass is 28.4. The molecule has 0 saturated carbocycles. The highest BCUT2D eigenvalue weighted by molar-refractivity contribution is 6.76. The quantitative estimate of drug-likeness (QED) is 0.501. The smallest absolute Gasteiger partial charge is 0.455 e. The third-order valence-electron chi connectivity index (χ3n) is 2.56. The average molecular weight is 335 g/mol. The Kier molecular flexibility index (Phi) is 7.87. The molecule has 0 saturated heterocycles. The Bertz CT molecular complexity index is 348.